The second-order valence-electron chi connectivity index (χ2n) is 4.61. The smallest absolute Gasteiger partial charge is 0.334 e. The minimum absolute atomic E-state index is 0.0316. The Bertz CT molecular complexity index is 371. The first-order chi connectivity index (χ1) is 8.82. The monoisotopic (exact) mass is 273 g/mol. The summed E-state index contributed by atoms with van der Waals surface area (Å²) in [5.41, 5.74) is 5.10. The van der Waals surface area contributed by atoms with Crippen molar-refractivity contribution in [2.24, 2.45) is 5.73 Å². The highest BCUT2D eigenvalue weighted by atomic mass is 16.5. The maximum absolute atomic E-state index is 12.2. The molecule has 19 heavy (non-hydrogen) atoms. The van der Waals surface area contributed by atoms with Gasteiger partial charge in [0.05, 0.1) is 13.2 Å². The van der Waals surface area contributed by atoms with Crippen LogP contribution in [0, 0.1) is 0 Å². The molecule has 0 saturated carbocycles. The summed E-state index contributed by atoms with van der Waals surface area (Å²) in [5.74, 6) is -1.71. The van der Waals surface area contributed by atoms with Crippen LogP contribution >= 0.6 is 0 Å². The Balaban J connectivity index is 2.73. The molecule has 108 valence electrons. The predicted octanol–water partition coefficient (Wildman–Crippen LogP) is -0.912. The first kappa shape index (κ1) is 15.2. The van der Waals surface area contributed by atoms with Gasteiger partial charge in [-0.05, 0) is 13.8 Å². The third-order valence-corrected chi connectivity index (χ3v) is 2.81. The Hall–Kier alpha value is -1.83. The van der Waals surface area contributed by atoms with Gasteiger partial charge in [0.25, 0.3) is 0 Å². The van der Waals surface area contributed by atoms with Crippen molar-refractivity contribution >= 4 is 17.9 Å². The summed E-state index contributed by atoms with van der Waals surface area (Å²) in [7, 11) is 0. The number of nitrogens with zero attached hydrogens (tertiary/aromatic N) is 2. The maximum Gasteiger partial charge on any atom is 0.334 e. The number of carboxylic acid groups (broad SMARTS) is 1. The van der Waals surface area contributed by atoms with Crippen molar-refractivity contribution in [2.45, 2.75) is 26.0 Å². The number of carboxylic acids is 1. The minimum atomic E-state index is -1.11. The largest absolute Gasteiger partial charge is 0.479 e. The lowest BCUT2D eigenvalue weighted by molar-refractivity contribution is -0.154. The highest BCUT2D eigenvalue weighted by molar-refractivity contribution is 5.83. The van der Waals surface area contributed by atoms with Gasteiger partial charge in [0, 0.05) is 12.6 Å². The molecule has 1 heterocycles. The summed E-state index contributed by atoms with van der Waals surface area (Å²) in [5, 5.41) is 8.88. The molecule has 0 bridgehead atoms. The number of hydrogen-bond acceptors (Lipinski definition) is 4. The van der Waals surface area contributed by atoms with Crippen LogP contribution < -0.4 is 5.73 Å². The highest BCUT2D eigenvalue weighted by Crippen LogP contribution is 2.10. The first-order valence-corrected chi connectivity index (χ1v) is 6.01. The highest BCUT2D eigenvalue weighted by Gasteiger charge is 2.32. The van der Waals surface area contributed by atoms with E-state index in [1.165, 1.54) is 9.80 Å². The van der Waals surface area contributed by atoms with E-state index in [0.717, 1.165) is 0 Å². The zero-order valence-corrected chi connectivity index (χ0v) is 11.0. The van der Waals surface area contributed by atoms with Crippen molar-refractivity contribution in [2.75, 3.05) is 26.2 Å². The lowest BCUT2D eigenvalue weighted by Crippen LogP contribution is -2.55. The molecule has 8 heteroatoms. The van der Waals surface area contributed by atoms with Crippen LogP contribution in [-0.2, 0) is 14.3 Å². The van der Waals surface area contributed by atoms with Crippen LogP contribution in [0.3, 0.4) is 0 Å². The Labute approximate surface area is 111 Å². The summed E-state index contributed by atoms with van der Waals surface area (Å²) < 4.78 is 5.04. The number of nitrogens with two attached hydrogens (primary N) is 1. The number of primary amides is 1. The van der Waals surface area contributed by atoms with Crippen molar-refractivity contribution in [3.63, 3.8) is 0 Å². The van der Waals surface area contributed by atoms with Gasteiger partial charge in [-0.15, -0.1) is 0 Å². The van der Waals surface area contributed by atoms with Gasteiger partial charge >= 0.3 is 12.0 Å². The molecule has 3 amide bonds. The molecule has 3 N–H and O–H groups in total. The fourth-order valence-electron chi connectivity index (χ4n) is 1.79. The van der Waals surface area contributed by atoms with E-state index >= 15 is 0 Å². The topological polar surface area (TPSA) is 113 Å². The fourth-order valence-corrected chi connectivity index (χ4v) is 1.79. The number of ether oxygens (including phenoxy) is 1. The second kappa shape index (κ2) is 6.37. The van der Waals surface area contributed by atoms with Crippen LogP contribution in [0.2, 0.25) is 0 Å². The second-order valence-corrected chi connectivity index (χ2v) is 4.61. The molecule has 1 atom stereocenters. The lowest BCUT2D eigenvalue weighted by atomic mass is 10.2. The quantitative estimate of drug-likeness (QED) is 0.688. The molecule has 8 nitrogen and oxygen atoms in total. The van der Waals surface area contributed by atoms with Gasteiger partial charge in [0.2, 0.25) is 5.91 Å². The average Bonchev–Trinajstić information content (AvgIpc) is 2.34. The van der Waals surface area contributed by atoms with Crippen LogP contribution in [0.15, 0.2) is 0 Å². The summed E-state index contributed by atoms with van der Waals surface area (Å²) in [4.78, 5) is 36.7. The number of carbonyl (C=O) groups excluding carboxylic acids is 2. The van der Waals surface area contributed by atoms with Crippen LogP contribution in [0.4, 0.5) is 4.79 Å². The van der Waals surface area contributed by atoms with Crippen molar-refractivity contribution in [3.05, 3.63) is 0 Å². The third kappa shape index (κ3) is 4.09. The third-order valence-electron chi connectivity index (χ3n) is 2.81. The molecule has 1 aliphatic heterocycles. The van der Waals surface area contributed by atoms with E-state index in [1.54, 1.807) is 13.8 Å². The molecule has 0 aromatic heterocycles. The molecule has 1 aliphatic rings. The van der Waals surface area contributed by atoms with Crippen molar-refractivity contribution in [1.82, 2.24) is 9.80 Å². The molecule has 1 unspecified atom stereocenters. The molecule has 0 spiro atoms. The zero-order chi connectivity index (χ0) is 14.6. The van der Waals surface area contributed by atoms with Crippen LogP contribution in [0.25, 0.3) is 0 Å². The number of amides is 3. The van der Waals surface area contributed by atoms with E-state index < -0.39 is 24.0 Å². The maximum atomic E-state index is 12.2. The molecule has 0 radical (unpaired) electrons. The van der Waals surface area contributed by atoms with Crippen LogP contribution in [0.1, 0.15) is 13.8 Å². The van der Waals surface area contributed by atoms with Crippen molar-refractivity contribution in [1.29, 1.82) is 0 Å². The van der Waals surface area contributed by atoms with Gasteiger partial charge in [-0.25, -0.2) is 9.59 Å². The number of aliphatic carboxylic acids is 1. The van der Waals surface area contributed by atoms with Gasteiger partial charge in [0.15, 0.2) is 6.10 Å². The Kier molecular flexibility index (Phi) is 5.11. The summed E-state index contributed by atoms with van der Waals surface area (Å²) in [6.07, 6.45) is -1.03. The number of hydrogen-bond donors (Lipinski definition) is 2. The lowest BCUT2D eigenvalue weighted by Gasteiger charge is -2.36. The van der Waals surface area contributed by atoms with Gasteiger partial charge in [-0.2, -0.15) is 0 Å². The number of carbonyl (C=O) groups is 3. The molecule has 0 aliphatic carbocycles. The van der Waals surface area contributed by atoms with Gasteiger partial charge in [-0.3, -0.25) is 4.79 Å². The normalized spacial score (nSPS) is 19.3. The van der Waals surface area contributed by atoms with Crippen LogP contribution in [0.5, 0.6) is 0 Å². The summed E-state index contributed by atoms with van der Waals surface area (Å²) in [6.45, 7) is 3.75. The molecular weight excluding hydrogens is 254 g/mol. The minimum Gasteiger partial charge on any atom is -0.479 e. The summed E-state index contributed by atoms with van der Waals surface area (Å²) >= 11 is 0. The van der Waals surface area contributed by atoms with E-state index in [0.29, 0.717) is 6.54 Å². The average molecular weight is 273 g/mol. The molecule has 1 fully saturated rings. The Morgan fingerprint density at radius 3 is 2.58 bits per heavy atom. The van der Waals surface area contributed by atoms with E-state index in [4.69, 9.17) is 15.6 Å². The standard InChI is InChI=1S/C11H19N3O5/c1-7(2)14(6-9(12)15)11(18)13-3-4-19-8(5-13)10(16)17/h7-8H,3-6H2,1-2H3,(H2,12,15)(H,16,17). The molecule has 1 saturated heterocycles. The zero-order valence-electron chi connectivity index (χ0n) is 11.0. The fraction of sp³-hybridized carbons (Fsp3) is 0.727. The Morgan fingerprint density at radius 1 is 1.47 bits per heavy atom. The van der Waals surface area contributed by atoms with Gasteiger partial charge in [-0.1, -0.05) is 0 Å². The van der Waals surface area contributed by atoms with Crippen molar-refractivity contribution < 1.29 is 24.2 Å². The number of morpholine rings is 1. The predicted molar refractivity (Wildman–Crippen MR) is 65.4 cm³/mol. The number of urea groups is 1. The molecule has 1 rings (SSSR count). The van der Waals surface area contributed by atoms with Crippen LogP contribution in [-0.4, -0.2) is 71.2 Å². The van der Waals surface area contributed by atoms with Gasteiger partial charge in [0.1, 0.15) is 6.54 Å². The summed E-state index contributed by atoms with van der Waals surface area (Å²) in [6, 6.07) is -0.602. The van der Waals surface area contributed by atoms with E-state index in [1.807, 2.05) is 0 Å². The van der Waals surface area contributed by atoms with Gasteiger partial charge < -0.3 is 25.4 Å². The van der Waals surface area contributed by atoms with Crippen molar-refractivity contribution in [3.8, 4) is 0 Å². The molecular formula is C11H19N3O5. The Morgan fingerprint density at radius 2 is 2.11 bits per heavy atom. The van der Waals surface area contributed by atoms with E-state index in [-0.39, 0.29) is 25.7 Å². The van der Waals surface area contributed by atoms with E-state index in [9.17, 15) is 14.4 Å². The molecule has 0 aromatic carbocycles. The molecule has 0 aromatic rings. The van der Waals surface area contributed by atoms with E-state index in [2.05, 4.69) is 0 Å². The number of rotatable bonds is 4. The first-order valence-electron chi connectivity index (χ1n) is 6.01. The SMILES string of the molecule is CC(C)N(CC(N)=O)C(=O)N1CCOC(C(=O)O)C1.